The van der Waals surface area contributed by atoms with Crippen molar-refractivity contribution in [1.82, 2.24) is 20.2 Å². The lowest BCUT2D eigenvalue weighted by molar-refractivity contribution is -0.130. The van der Waals surface area contributed by atoms with Crippen LogP contribution in [0.3, 0.4) is 0 Å². The lowest BCUT2D eigenvalue weighted by atomic mass is 10.1. The average Bonchev–Trinajstić information content (AvgIpc) is 3.17. The maximum Gasteiger partial charge on any atom is 0.222 e. The fourth-order valence-corrected chi connectivity index (χ4v) is 3.37. The van der Waals surface area contributed by atoms with Gasteiger partial charge in [-0.05, 0) is 18.6 Å². The number of likely N-dealkylation sites (tertiary alicyclic amines) is 1. The summed E-state index contributed by atoms with van der Waals surface area (Å²) in [6, 6.07) is 7.69. The number of nitrogens with zero attached hydrogens (tertiary/aromatic N) is 2. The summed E-state index contributed by atoms with van der Waals surface area (Å²) in [5.74, 6) is 0.716. The molecule has 1 saturated heterocycles. The summed E-state index contributed by atoms with van der Waals surface area (Å²) >= 11 is 0. The van der Waals surface area contributed by atoms with Gasteiger partial charge >= 0.3 is 0 Å². The largest absolute Gasteiger partial charge is 0.396 e. The molecule has 3 N–H and O–H groups in total. The van der Waals surface area contributed by atoms with Crippen LogP contribution in [-0.2, 0) is 16.0 Å². The summed E-state index contributed by atoms with van der Waals surface area (Å²) in [7, 11) is 0. The fraction of sp³-hybridized carbons (Fsp3) is 0.500. The highest BCUT2D eigenvalue weighted by Crippen LogP contribution is 2.19. The molecule has 2 atom stereocenters. The van der Waals surface area contributed by atoms with E-state index in [9.17, 15) is 14.7 Å². The Morgan fingerprint density at radius 2 is 2.16 bits per heavy atom. The number of fused-ring (bicyclic) bond motifs is 1. The Hall–Kier alpha value is -2.41. The van der Waals surface area contributed by atoms with Crippen LogP contribution in [0.15, 0.2) is 24.3 Å². The van der Waals surface area contributed by atoms with Crippen LogP contribution < -0.4 is 5.32 Å². The number of aromatic nitrogens is 2. The summed E-state index contributed by atoms with van der Waals surface area (Å²) in [5, 5.41) is 12.3. The van der Waals surface area contributed by atoms with Gasteiger partial charge in [0.15, 0.2) is 0 Å². The number of para-hydroxylation sites is 2. The third kappa shape index (κ3) is 4.17. The molecule has 2 amide bonds. The van der Waals surface area contributed by atoms with Gasteiger partial charge in [0.2, 0.25) is 11.8 Å². The number of H-pyrrole nitrogens is 1. The van der Waals surface area contributed by atoms with E-state index in [0.717, 1.165) is 16.9 Å². The minimum Gasteiger partial charge on any atom is -0.396 e. The molecule has 1 aliphatic rings. The van der Waals surface area contributed by atoms with E-state index in [1.165, 1.54) is 6.92 Å². The number of imidazole rings is 1. The van der Waals surface area contributed by atoms with Gasteiger partial charge in [-0.3, -0.25) is 9.59 Å². The molecule has 134 valence electrons. The van der Waals surface area contributed by atoms with Gasteiger partial charge in [0, 0.05) is 45.4 Å². The van der Waals surface area contributed by atoms with Crippen molar-refractivity contribution >= 4 is 22.8 Å². The van der Waals surface area contributed by atoms with Gasteiger partial charge in [0.05, 0.1) is 17.1 Å². The van der Waals surface area contributed by atoms with Gasteiger partial charge in [0.1, 0.15) is 5.82 Å². The van der Waals surface area contributed by atoms with Gasteiger partial charge in [-0.15, -0.1) is 0 Å². The number of nitrogens with one attached hydrogen (secondary N) is 2. The Morgan fingerprint density at radius 3 is 2.88 bits per heavy atom. The van der Waals surface area contributed by atoms with Gasteiger partial charge in [-0.25, -0.2) is 4.98 Å². The monoisotopic (exact) mass is 344 g/mol. The van der Waals surface area contributed by atoms with E-state index in [1.807, 2.05) is 24.3 Å². The molecule has 0 spiro atoms. The Kier molecular flexibility index (Phi) is 5.33. The van der Waals surface area contributed by atoms with Crippen molar-refractivity contribution in [3.8, 4) is 0 Å². The maximum atomic E-state index is 12.4. The second-order valence-corrected chi connectivity index (χ2v) is 6.60. The van der Waals surface area contributed by atoms with Crippen molar-refractivity contribution < 1.29 is 14.7 Å². The lowest BCUT2D eigenvalue weighted by Gasteiger charge is -2.16. The van der Waals surface area contributed by atoms with Crippen molar-refractivity contribution in [3.63, 3.8) is 0 Å². The molecule has 1 aromatic heterocycles. The van der Waals surface area contributed by atoms with Gasteiger partial charge in [0.25, 0.3) is 0 Å². The van der Waals surface area contributed by atoms with E-state index in [-0.39, 0.29) is 30.4 Å². The molecular formula is C18H24N4O3. The number of amides is 2. The number of carbonyl (C=O) groups excluding carboxylic acids is 2. The van der Waals surface area contributed by atoms with Crippen LogP contribution in [0.25, 0.3) is 11.0 Å². The number of benzene rings is 1. The minimum absolute atomic E-state index is 0.0340. The predicted molar refractivity (Wildman–Crippen MR) is 93.8 cm³/mol. The molecule has 1 aliphatic heterocycles. The fourth-order valence-electron chi connectivity index (χ4n) is 3.37. The highest BCUT2D eigenvalue weighted by Gasteiger charge is 2.34. The first-order valence-electron chi connectivity index (χ1n) is 8.66. The topological polar surface area (TPSA) is 98.3 Å². The number of aliphatic hydroxyl groups is 1. The van der Waals surface area contributed by atoms with E-state index in [1.54, 1.807) is 4.90 Å². The van der Waals surface area contributed by atoms with E-state index in [0.29, 0.717) is 32.4 Å². The van der Waals surface area contributed by atoms with E-state index in [2.05, 4.69) is 15.3 Å². The summed E-state index contributed by atoms with van der Waals surface area (Å²) in [4.78, 5) is 33.2. The first-order valence-corrected chi connectivity index (χ1v) is 8.66. The maximum absolute atomic E-state index is 12.4. The first kappa shape index (κ1) is 17.4. The second-order valence-electron chi connectivity index (χ2n) is 6.60. The SMILES string of the molecule is CC(=O)N[C@@H]1CN(C(=O)CCCc2nc3ccccc3[nH]2)C[C@H]1CO. The molecule has 0 radical (unpaired) electrons. The third-order valence-electron chi connectivity index (χ3n) is 4.66. The zero-order chi connectivity index (χ0) is 17.8. The van der Waals surface area contributed by atoms with Crippen molar-refractivity contribution in [2.75, 3.05) is 19.7 Å². The Labute approximate surface area is 146 Å². The molecule has 1 aromatic carbocycles. The van der Waals surface area contributed by atoms with E-state index >= 15 is 0 Å². The molecule has 2 aromatic rings. The molecule has 0 saturated carbocycles. The summed E-state index contributed by atoms with van der Waals surface area (Å²) < 4.78 is 0. The van der Waals surface area contributed by atoms with Crippen LogP contribution in [0.5, 0.6) is 0 Å². The first-order chi connectivity index (χ1) is 12.1. The Balaban J connectivity index is 1.49. The second kappa shape index (κ2) is 7.65. The van der Waals surface area contributed by atoms with Crippen LogP contribution in [0.4, 0.5) is 0 Å². The van der Waals surface area contributed by atoms with Crippen LogP contribution in [-0.4, -0.2) is 57.5 Å². The number of hydrogen-bond donors (Lipinski definition) is 3. The molecule has 2 heterocycles. The number of aromatic amines is 1. The zero-order valence-electron chi connectivity index (χ0n) is 14.4. The lowest BCUT2D eigenvalue weighted by Crippen LogP contribution is -2.40. The highest BCUT2D eigenvalue weighted by atomic mass is 16.3. The summed E-state index contributed by atoms with van der Waals surface area (Å²) in [5.41, 5.74) is 1.94. The van der Waals surface area contributed by atoms with Gasteiger partial charge in [-0.1, -0.05) is 12.1 Å². The standard InChI is InChI=1S/C18H24N4O3/c1-12(24)19-16-10-22(9-13(16)11-23)18(25)8-4-7-17-20-14-5-2-3-6-15(14)21-17/h2-3,5-6,13,16,23H,4,7-11H2,1H3,(H,19,24)(H,20,21)/t13-,16+/m0/s1. The molecule has 25 heavy (non-hydrogen) atoms. The third-order valence-corrected chi connectivity index (χ3v) is 4.66. The Morgan fingerprint density at radius 1 is 1.36 bits per heavy atom. The zero-order valence-corrected chi connectivity index (χ0v) is 14.4. The minimum atomic E-state index is -0.165. The van der Waals surface area contributed by atoms with E-state index in [4.69, 9.17) is 0 Å². The van der Waals surface area contributed by atoms with Crippen molar-refractivity contribution in [2.45, 2.75) is 32.2 Å². The van der Waals surface area contributed by atoms with Crippen LogP contribution in [0, 0.1) is 5.92 Å². The van der Waals surface area contributed by atoms with Crippen LogP contribution in [0.2, 0.25) is 0 Å². The summed E-state index contributed by atoms with van der Waals surface area (Å²) in [6.07, 6.45) is 1.86. The smallest absolute Gasteiger partial charge is 0.222 e. The summed E-state index contributed by atoms with van der Waals surface area (Å²) in [6.45, 7) is 2.37. The highest BCUT2D eigenvalue weighted by molar-refractivity contribution is 5.77. The molecule has 1 fully saturated rings. The number of carbonyl (C=O) groups is 2. The normalized spacial score (nSPS) is 20.2. The van der Waals surface area contributed by atoms with Gasteiger partial charge < -0.3 is 20.3 Å². The average molecular weight is 344 g/mol. The number of aliphatic hydroxyl groups excluding tert-OH is 1. The van der Waals surface area contributed by atoms with Crippen LogP contribution in [0.1, 0.15) is 25.6 Å². The van der Waals surface area contributed by atoms with Crippen molar-refractivity contribution in [2.24, 2.45) is 5.92 Å². The number of hydrogen-bond acceptors (Lipinski definition) is 4. The molecule has 7 nitrogen and oxygen atoms in total. The number of aryl methyl sites for hydroxylation is 1. The molecule has 7 heteroatoms. The molecule has 0 unspecified atom stereocenters. The quantitative estimate of drug-likeness (QED) is 0.723. The molecule has 3 rings (SSSR count). The molecular weight excluding hydrogens is 320 g/mol. The Bertz CT molecular complexity index is 725. The van der Waals surface area contributed by atoms with Crippen molar-refractivity contribution in [3.05, 3.63) is 30.1 Å². The van der Waals surface area contributed by atoms with Crippen molar-refractivity contribution in [1.29, 1.82) is 0 Å². The molecule has 0 aliphatic carbocycles. The van der Waals surface area contributed by atoms with Gasteiger partial charge in [-0.2, -0.15) is 0 Å². The predicted octanol–water partition coefficient (Wildman–Crippen LogP) is 0.841. The number of rotatable bonds is 6. The van der Waals surface area contributed by atoms with Crippen LogP contribution >= 0.6 is 0 Å². The van der Waals surface area contributed by atoms with E-state index < -0.39 is 0 Å². The molecule has 0 bridgehead atoms.